The molecule has 0 spiro atoms. The van der Waals surface area contributed by atoms with Gasteiger partial charge in [-0.15, -0.1) is 0 Å². The fourth-order valence-electron chi connectivity index (χ4n) is 3.67. The predicted octanol–water partition coefficient (Wildman–Crippen LogP) is 3.46. The van der Waals surface area contributed by atoms with Crippen LogP contribution in [0.5, 0.6) is 0 Å². The summed E-state index contributed by atoms with van der Waals surface area (Å²) < 4.78 is 0. The molecule has 1 aromatic carbocycles. The molecular weight excluding hydrogens is 262 g/mol. The van der Waals surface area contributed by atoms with Crippen LogP contribution < -0.4 is 4.90 Å². The third kappa shape index (κ3) is 2.39. The van der Waals surface area contributed by atoms with E-state index in [2.05, 4.69) is 0 Å². The van der Waals surface area contributed by atoms with Gasteiger partial charge in [-0.05, 0) is 38.3 Å². The number of ketones is 1. The lowest BCUT2D eigenvalue weighted by molar-refractivity contribution is -0.126. The van der Waals surface area contributed by atoms with Crippen LogP contribution in [0.25, 0.3) is 0 Å². The molecule has 0 bridgehead atoms. The number of nitrogens with zero attached hydrogens (tertiary/aromatic N) is 1. The molecule has 0 radical (unpaired) electrons. The fourth-order valence-corrected chi connectivity index (χ4v) is 3.67. The van der Waals surface area contributed by atoms with Crippen molar-refractivity contribution in [3.63, 3.8) is 0 Å². The predicted molar refractivity (Wildman–Crippen MR) is 83.4 cm³/mol. The highest BCUT2D eigenvalue weighted by Gasteiger charge is 2.44. The van der Waals surface area contributed by atoms with Crippen LogP contribution in [0.1, 0.15) is 51.5 Å². The lowest BCUT2D eigenvalue weighted by Gasteiger charge is -2.24. The van der Waals surface area contributed by atoms with Gasteiger partial charge in [0.25, 0.3) is 0 Å². The van der Waals surface area contributed by atoms with E-state index in [4.69, 9.17) is 0 Å². The second-order valence-electron chi connectivity index (χ2n) is 6.83. The van der Waals surface area contributed by atoms with Gasteiger partial charge in [0.15, 0.2) is 5.78 Å². The Morgan fingerprint density at radius 1 is 1.19 bits per heavy atom. The van der Waals surface area contributed by atoms with Crippen molar-refractivity contribution in [2.24, 2.45) is 5.92 Å². The summed E-state index contributed by atoms with van der Waals surface area (Å²) in [6.07, 6.45) is 5.51. The van der Waals surface area contributed by atoms with Crippen molar-refractivity contribution in [2.45, 2.75) is 51.4 Å². The van der Waals surface area contributed by atoms with E-state index < -0.39 is 5.41 Å². The summed E-state index contributed by atoms with van der Waals surface area (Å²) in [6.45, 7) is 4.13. The number of hydrogen-bond acceptors (Lipinski definition) is 2. The van der Waals surface area contributed by atoms with Gasteiger partial charge in [-0.3, -0.25) is 9.59 Å². The molecule has 3 nitrogen and oxygen atoms in total. The Hall–Kier alpha value is -1.64. The normalized spacial score (nSPS) is 21.4. The molecule has 1 aromatic rings. The molecule has 21 heavy (non-hydrogen) atoms. The van der Waals surface area contributed by atoms with Crippen LogP contribution in [0, 0.1) is 5.92 Å². The summed E-state index contributed by atoms with van der Waals surface area (Å²) in [5.74, 6) is 0.436. The molecule has 3 heteroatoms. The lowest BCUT2D eigenvalue weighted by atomic mass is 9.85. The molecule has 0 N–H and O–H groups in total. The van der Waals surface area contributed by atoms with Gasteiger partial charge in [0.2, 0.25) is 5.91 Å². The highest BCUT2D eigenvalue weighted by molar-refractivity contribution is 6.10. The molecule has 1 fully saturated rings. The van der Waals surface area contributed by atoms with Crippen molar-refractivity contribution in [1.29, 1.82) is 0 Å². The number of benzene rings is 1. The molecule has 112 valence electrons. The summed E-state index contributed by atoms with van der Waals surface area (Å²) in [5.41, 5.74) is 1.42. The second kappa shape index (κ2) is 5.28. The van der Waals surface area contributed by atoms with Gasteiger partial charge in [-0.2, -0.15) is 0 Å². The van der Waals surface area contributed by atoms with E-state index in [1.807, 2.05) is 38.1 Å². The van der Waals surface area contributed by atoms with Crippen molar-refractivity contribution < 1.29 is 9.59 Å². The Morgan fingerprint density at radius 3 is 2.57 bits per heavy atom. The largest absolute Gasteiger partial charge is 0.304 e. The van der Waals surface area contributed by atoms with E-state index in [9.17, 15) is 9.59 Å². The minimum atomic E-state index is -0.524. The van der Waals surface area contributed by atoms with Gasteiger partial charge in [0.05, 0.1) is 12.0 Å². The first kappa shape index (κ1) is 14.3. The maximum atomic E-state index is 12.7. The van der Waals surface area contributed by atoms with Crippen LogP contribution in [0.4, 0.5) is 5.69 Å². The number of fused-ring (bicyclic) bond motifs is 1. The average molecular weight is 285 g/mol. The minimum Gasteiger partial charge on any atom is -0.304 e. The van der Waals surface area contributed by atoms with E-state index in [-0.39, 0.29) is 24.2 Å². The number of rotatable bonds is 3. The monoisotopic (exact) mass is 285 g/mol. The summed E-state index contributed by atoms with van der Waals surface area (Å²) in [4.78, 5) is 26.9. The Balaban J connectivity index is 1.82. The smallest absolute Gasteiger partial charge is 0.237 e. The van der Waals surface area contributed by atoms with Crippen molar-refractivity contribution in [3.8, 4) is 0 Å². The average Bonchev–Trinajstić information content (AvgIpc) is 2.70. The van der Waals surface area contributed by atoms with Crippen molar-refractivity contribution in [3.05, 3.63) is 29.8 Å². The first-order valence-corrected chi connectivity index (χ1v) is 7.96. The van der Waals surface area contributed by atoms with Crippen molar-refractivity contribution in [1.82, 2.24) is 0 Å². The van der Waals surface area contributed by atoms with Gasteiger partial charge in [-0.1, -0.05) is 37.5 Å². The molecular formula is C18H23NO2. The van der Waals surface area contributed by atoms with Gasteiger partial charge < -0.3 is 4.90 Å². The van der Waals surface area contributed by atoms with E-state index in [1.165, 1.54) is 6.42 Å². The zero-order valence-electron chi connectivity index (χ0n) is 12.9. The van der Waals surface area contributed by atoms with Gasteiger partial charge >= 0.3 is 0 Å². The Morgan fingerprint density at radius 2 is 1.86 bits per heavy atom. The molecule has 1 saturated carbocycles. The quantitative estimate of drug-likeness (QED) is 0.853. The number of carbonyl (C=O) groups excluding carboxylic acids is 2. The molecule has 3 rings (SSSR count). The number of Topliss-reactive ketones (excluding diaryl/α,β-unsaturated/α-hetero) is 1. The zero-order chi connectivity index (χ0) is 15.0. The highest BCUT2D eigenvalue weighted by atomic mass is 16.2. The van der Waals surface area contributed by atoms with Gasteiger partial charge in [0.1, 0.15) is 0 Å². The van der Waals surface area contributed by atoms with Crippen LogP contribution >= 0.6 is 0 Å². The van der Waals surface area contributed by atoms with E-state index in [0.717, 1.165) is 36.9 Å². The Bertz CT molecular complexity index is 570. The minimum absolute atomic E-state index is 0.0489. The Labute approximate surface area is 126 Å². The summed E-state index contributed by atoms with van der Waals surface area (Å²) >= 11 is 0. The molecule has 0 saturated heterocycles. The number of amides is 1. The van der Waals surface area contributed by atoms with Crippen LogP contribution in [0.15, 0.2) is 24.3 Å². The lowest BCUT2D eigenvalue weighted by Crippen LogP contribution is -2.41. The first-order valence-electron chi connectivity index (χ1n) is 7.96. The molecule has 0 atom stereocenters. The third-order valence-electron chi connectivity index (χ3n) is 5.02. The number of anilines is 1. The number of para-hydroxylation sites is 1. The SMILES string of the molecule is CC1(C)C(=O)N(CC(=O)C2CCCCC2)c2ccccc21. The van der Waals surface area contributed by atoms with E-state index in [1.54, 1.807) is 4.90 Å². The molecule has 1 aliphatic carbocycles. The summed E-state index contributed by atoms with van der Waals surface area (Å²) in [5, 5.41) is 0. The zero-order valence-corrected chi connectivity index (χ0v) is 12.9. The van der Waals surface area contributed by atoms with Gasteiger partial charge in [0, 0.05) is 11.6 Å². The number of hydrogen-bond donors (Lipinski definition) is 0. The molecule has 2 aliphatic rings. The number of carbonyl (C=O) groups is 2. The molecule has 1 aliphatic heterocycles. The summed E-state index contributed by atoms with van der Waals surface area (Å²) in [7, 11) is 0. The molecule has 0 aromatic heterocycles. The van der Waals surface area contributed by atoms with Crippen molar-refractivity contribution in [2.75, 3.05) is 11.4 Å². The third-order valence-corrected chi connectivity index (χ3v) is 5.02. The van der Waals surface area contributed by atoms with Crippen LogP contribution in [0.3, 0.4) is 0 Å². The van der Waals surface area contributed by atoms with E-state index >= 15 is 0 Å². The maximum Gasteiger partial charge on any atom is 0.237 e. The standard InChI is InChI=1S/C18H23NO2/c1-18(2)14-10-6-7-11-15(14)19(17(18)21)12-16(20)13-8-4-3-5-9-13/h6-7,10-11,13H,3-5,8-9,12H2,1-2H3. The maximum absolute atomic E-state index is 12.7. The van der Waals surface area contributed by atoms with Gasteiger partial charge in [-0.25, -0.2) is 0 Å². The first-order chi connectivity index (χ1) is 10.0. The highest BCUT2D eigenvalue weighted by Crippen LogP contribution is 2.41. The topological polar surface area (TPSA) is 37.4 Å². The fraction of sp³-hybridized carbons (Fsp3) is 0.556. The molecule has 1 amide bonds. The molecule has 0 unspecified atom stereocenters. The molecule has 1 heterocycles. The Kier molecular flexibility index (Phi) is 3.60. The van der Waals surface area contributed by atoms with Crippen LogP contribution in [0.2, 0.25) is 0 Å². The second-order valence-corrected chi connectivity index (χ2v) is 6.83. The van der Waals surface area contributed by atoms with Crippen LogP contribution in [-0.2, 0) is 15.0 Å². The van der Waals surface area contributed by atoms with E-state index in [0.29, 0.717) is 0 Å². The van der Waals surface area contributed by atoms with Crippen LogP contribution in [-0.4, -0.2) is 18.2 Å². The summed E-state index contributed by atoms with van der Waals surface area (Å²) in [6, 6.07) is 7.85. The van der Waals surface area contributed by atoms with Crippen molar-refractivity contribution >= 4 is 17.4 Å².